The fourth-order valence-corrected chi connectivity index (χ4v) is 6.03. The fourth-order valence-electron chi connectivity index (χ4n) is 4.06. The highest BCUT2D eigenvalue weighted by atomic mass is 31.2. The maximum Gasteiger partial charge on any atom is 0.324 e. The number of hydrogen-bond donors (Lipinski definition) is 1. The second kappa shape index (κ2) is 9.10. The van der Waals surface area contributed by atoms with Crippen LogP contribution in [0, 0.1) is 27.9 Å². The molecule has 1 N–H and O–H groups in total. The molecule has 29 heavy (non-hydrogen) atoms. The number of nitrogens with zero attached hydrogens (tertiary/aromatic N) is 1. The van der Waals surface area contributed by atoms with Crippen molar-refractivity contribution < 1.29 is 14.0 Å². The summed E-state index contributed by atoms with van der Waals surface area (Å²) in [6, 6.07) is 15.1. The van der Waals surface area contributed by atoms with Gasteiger partial charge in [-0.2, -0.15) is 0 Å². The van der Waals surface area contributed by atoms with Gasteiger partial charge >= 0.3 is 7.52 Å². The first-order chi connectivity index (χ1) is 13.8. The van der Waals surface area contributed by atoms with E-state index in [1.54, 1.807) is 24.3 Å². The Kier molecular flexibility index (Phi) is 6.76. The van der Waals surface area contributed by atoms with Gasteiger partial charge < -0.3 is 9.61 Å². The van der Waals surface area contributed by atoms with Crippen LogP contribution in [0.3, 0.4) is 0 Å². The number of nitro groups is 1. The molecule has 0 saturated heterocycles. The first-order valence-corrected chi connectivity index (χ1v) is 11.8. The van der Waals surface area contributed by atoms with E-state index in [2.05, 4.69) is 25.9 Å². The van der Waals surface area contributed by atoms with Gasteiger partial charge in [0, 0.05) is 17.8 Å². The number of rotatable bonds is 7. The summed E-state index contributed by atoms with van der Waals surface area (Å²) in [5.74, 6) is 1.27. The Bertz CT molecular complexity index is 887. The third kappa shape index (κ3) is 5.26. The SMILES string of the molecule is CC1CCC(C(C)C)C(OP(=O)(Nc2cccc([N+](=O)[O-])c2)c2ccccc2)C1. The smallest absolute Gasteiger partial charge is 0.312 e. The largest absolute Gasteiger partial charge is 0.324 e. The lowest BCUT2D eigenvalue weighted by atomic mass is 9.75. The normalized spacial score (nSPS) is 24.1. The minimum atomic E-state index is -3.49. The summed E-state index contributed by atoms with van der Waals surface area (Å²) in [4.78, 5) is 10.7. The van der Waals surface area contributed by atoms with Crippen LogP contribution in [0.4, 0.5) is 11.4 Å². The second-order valence-electron chi connectivity index (χ2n) is 8.28. The van der Waals surface area contributed by atoms with E-state index in [9.17, 15) is 14.7 Å². The molecule has 0 aliphatic heterocycles. The summed E-state index contributed by atoms with van der Waals surface area (Å²) in [5.41, 5.74) is 0.359. The van der Waals surface area contributed by atoms with Crippen molar-refractivity contribution in [3.05, 3.63) is 64.7 Å². The summed E-state index contributed by atoms with van der Waals surface area (Å²) in [5, 5.41) is 14.7. The van der Waals surface area contributed by atoms with Crippen LogP contribution in [0.5, 0.6) is 0 Å². The van der Waals surface area contributed by atoms with E-state index in [0.29, 0.717) is 28.7 Å². The van der Waals surface area contributed by atoms with Gasteiger partial charge in [0.2, 0.25) is 0 Å². The molecular formula is C22H29N2O4P. The van der Waals surface area contributed by atoms with Crippen molar-refractivity contribution in [2.45, 2.75) is 46.1 Å². The molecule has 0 aromatic heterocycles. The van der Waals surface area contributed by atoms with Gasteiger partial charge in [-0.1, -0.05) is 51.5 Å². The van der Waals surface area contributed by atoms with Crippen LogP contribution in [0.25, 0.3) is 0 Å². The first kappa shape index (κ1) is 21.5. The van der Waals surface area contributed by atoms with Crippen LogP contribution >= 0.6 is 7.52 Å². The summed E-state index contributed by atoms with van der Waals surface area (Å²) >= 11 is 0. The molecule has 156 valence electrons. The highest BCUT2D eigenvalue weighted by molar-refractivity contribution is 7.68. The number of non-ortho nitro benzene ring substituents is 1. The van der Waals surface area contributed by atoms with E-state index >= 15 is 0 Å². The van der Waals surface area contributed by atoms with Gasteiger partial charge in [0.1, 0.15) is 0 Å². The van der Waals surface area contributed by atoms with Crippen molar-refractivity contribution in [1.29, 1.82) is 0 Å². The third-order valence-electron chi connectivity index (χ3n) is 5.67. The van der Waals surface area contributed by atoms with E-state index < -0.39 is 12.4 Å². The Labute approximate surface area is 172 Å². The maximum atomic E-state index is 14.1. The molecule has 0 heterocycles. The molecule has 7 heteroatoms. The van der Waals surface area contributed by atoms with Crippen molar-refractivity contribution in [2.75, 3.05) is 5.09 Å². The van der Waals surface area contributed by atoms with E-state index in [1.807, 2.05) is 18.2 Å². The van der Waals surface area contributed by atoms with Crippen LogP contribution in [0.2, 0.25) is 0 Å². The van der Waals surface area contributed by atoms with Crippen LogP contribution in [-0.2, 0) is 9.09 Å². The molecule has 4 atom stereocenters. The zero-order chi connectivity index (χ0) is 21.0. The highest BCUT2D eigenvalue weighted by Gasteiger charge is 2.38. The highest BCUT2D eigenvalue weighted by Crippen LogP contribution is 2.51. The van der Waals surface area contributed by atoms with E-state index in [-0.39, 0.29) is 11.8 Å². The number of benzene rings is 2. The lowest BCUT2D eigenvalue weighted by molar-refractivity contribution is -0.384. The monoisotopic (exact) mass is 416 g/mol. The lowest BCUT2D eigenvalue weighted by Crippen LogP contribution is -2.35. The predicted octanol–water partition coefficient (Wildman–Crippen LogP) is 6.00. The van der Waals surface area contributed by atoms with Gasteiger partial charge in [-0.05, 0) is 48.8 Å². The molecule has 3 rings (SSSR count). The lowest BCUT2D eigenvalue weighted by Gasteiger charge is -2.39. The zero-order valence-corrected chi connectivity index (χ0v) is 18.0. The number of nitro benzene ring substituents is 1. The molecule has 1 aliphatic rings. The zero-order valence-electron chi connectivity index (χ0n) is 17.2. The molecule has 0 amide bonds. The van der Waals surface area contributed by atoms with Crippen molar-refractivity contribution >= 4 is 24.2 Å². The second-order valence-corrected chi connectivity index (χ2v) is 10.3. The van der Waals surface area contributed by atoms with Gasteiger partial charge in [0.05, 0.1) is 16.3 Å². The Morgan fingerprint density at radius 2 is 1.86 bits per heavy atom. The maximum absolute atomic E-state index is 14.1. The molecule has 1 fully saturated rings. The van der Waals surface area contributed by atoms with Gasteiger partial charge in [-0.25, -0.2) is 0 Å². The quantitative estimate of drug-likeness (QED) is 0.340. The molecule has 1 aliphatic carbocycles. The van der Waals surface area contributed by atoms with Gasteiger partial charge in [-0.3, -0.25) is 14.7 Å². The molecule has 2 aromatic rings. The summed E-state index contributed by atoms with van der Waals surface area (Å²) in [6.07, 6.45) is 2.93. The predicted molar refractivity (Wildman–Crippen MR) is 117 cm³/mol. The van der Waals surface area contributed by atoms with Crippen molar-refractivity contribution in [1.82, 2.24) is 0 Å². The molecule has 0 radical (unpaired) electrons. The fraction of sp³-hybridized carbons (Fsp3) is 0.455. The van der Waals surface area contributed by atoms with Crippen LogP contribution in [0.15, 0.2) is 54.6 Å². The molecule has 0 spiro atoms. The Morgan fingerprint density at radius 3 is 2.52 bits per heavy atom. The van der Waals surface area contributed by atoms with E-state index in [4.69, 9.17) is 4.52 Å². The van der Waals surface area contributed by atoms with Crippen molar-refractivity contribution in [2.24, 2.45) is 17.8 Å². The standard InChI is InChI=1S/C22H29N2O4P/c1-16(2)21-13-12-17(3)14-22(21)28-29(27,20-10-5-4-6-11-20)23-18-8-7-9-19(15-18)24(25)26/h4-11,15-17,21-22H,12-14H2,1-3H3,(H,23,27). The molecular weight excluding hydrogens is 387 g/mol. The van der Waals surface area contributed by atoms with E-state index in [1.165, 1.54) is 12.1 Å². The first-order valence-electron chi connectivity index (χ1n) is 10.2. The Morgan fingerprint density at radius 1 is 1.14 bits per heavy atom. The third-order valence-corrected chi connectivity index (χ3v) is 7.77. The molecule has 6 nitrogen and oxygen atoms in total. The Balaban J connectivity index is 1.95. The van der Waals surface area contributed by atoms with Crippen molar-refractivity contribution in [3.63, 3.8) is 0 Å². The van der Waals surface area contributed by atoms with Gasteiger partial charge in [0.25, 0.3) is 5.69 Å². The summed E-state index contributed by atoms with van der Waals surface area (Å²) in [7, 11) is -3.49. The van der Waals surface area contributed by atoms with Crippen LogP contribution in [0.1, 0.15) is 40.0 Å². The van der Waals surface area contributed by atoms with Crippen LogP contribution in [-0.4, -0.2) is 11.0 Å². The number of anilines is 1. The van der Waals surface area contributed by atoms with Crippen LogP contribution < -0.4 is 10.4 Å². The topological polar surface area (TPSA) is 81.5 Å². The molecule has 2 aromatic carbocycles. The number of nitrogens with one attached hydrogen (secondary N) is 1. The average molecular weight is 416 g/mol. The molecule has 1 saturated carbocycles. The van der Waals surface area contributed by atoms with Gasteiger partial charge in [0.15, 0.2) is 0 Å². The minimum Gasteiger partial charge on any atom is -0.312 e. The number of hydrogen-bond acceptors (Lipinski definition) is 4. The molecule has 4 unspecified atom stereocenters. The summed E-state index contributed by atoms with van der Waals surface area (Å²) in [6.45, 7) is 6.56. The summed E-state index contributed by atoms with van der Waals surface area (Å²) < 4.78 is 20.5. The minimum absolute atomic E-state index is 0.0547. The van der Waals surface area contributed by atoms with E-state index in [0.717, 1.165) is 19.3 Å². The van der Waals surface area contributed by atoms with Crippen molar-refractivity contribution in [3.8, 4) is 0 Å². The Hall–Kier alpha value is -2.17. The average Bonchev–Trinajstić information content (AvgIpc) is 2.68. The van der Waals surface area contributed by atoms with Gasteiger partial charge in [-0.15, -0.1) is 0 Å². The molecule has 0 bridgehead atoms.